The molecule has 1 fully saturated rings. The van der Waals surface area contributed by atoms with Crippen LogP contribution in [0.25, 0.3) is 0 Å². The highest BCUT2D eigenvalue weighted by molar-refractivity contribution is 6.18. The highest BCUT2D eigenvalue weighted by Crippen LogP contribution is 2.11. The summed E-state index contributed by atoms with van der Waals surface area (Å²) in [5, 5.41) is 0. The summed E-state index contributed by atoms with van der Waals surface area (Å²) in [6, 6.07) is 9.07. The number of aryl methyl sites for hydroxylation is 1. The van der Waals surface area contributed by atoms with Gasteiger partial charge in [-0.05, 0) is 37.1 Å². The fourth-order valence-corrected chi connectivity index (χ4v) is 2.90. The van der Waals surface area contributed by atoms with Crippen molar-refractivity contribution in [1.82, 2.24) is 9.80 Å². The van der Waals surface area contributed by atoms with Crippen LogP contribution in [0.4, 0.5) is 0 Å². The zero-order valence-corrected chi connectivity index (χ0v) is 12.7. The van der Waals surface area contributed by atoms with E-state index >= 15 is 0 Å². The van der Waals surface area contributed by atoms with Crippen molar-refractivity contribution in [3.63, 3.8) is 0 Å². The summed E-state index contributed by atoms with van der Waals surface area (Å²) in [5.74, 6) is 0.748. The summed E-state index contributed by atoms with van der Waals surface area (Å²) in [6.45, 7) is 9.02. The van der Waals surface area contributed by atoms with Gasteiger partial charge < -0.3 is 4.90 Å². The topological polar surface area (TPSA) is 6.48 Å². The Labute approximate surface area is 122 Å². The first kappa shape index (κ1) is 14.8. The van der Waals surface area contributed by atoms with Crippen LogP contribution in [0, 0.1) is 0 Å². The second-order valence-electron chi connectivity index (χ2n) is 5.33. The van der Waals surface area contributed by atoms with E-state index < -0.39 is 0 Å². The van der Waals surface area contributed by atoms with E-state index in [1.807, 2.05) is 0 Å². The zero-order chi connectivity index (χ0) is 13.5. The van der Waals surface area contributed by atoms with E-state index in [1.165, 1.54) is 30.6 Å². The van der Waals surface area contributed by atoms with Crippen molar-refractivity contribution in [2.75, 3.05) is 38.6 Å². The third-order valence-corrected chi connectivity index (χ3v) is 4.09. The van der Waals surface area contributed by atoms with Crippen LogP contribution >= 0.6 is 11.6 Å². The molecule has 0 amide bonds. The summed E-state index contributed by atoms with van der Waals surface area (Å²) in [4.78, 5) is 5.04. The Hall–Kier alpha value is -0.570. The standard InChI is InChI=1S/C16H25ClN2/c1-2-15-4-6-16(7-5-15)14-19-10-3-9-18(11-8-17)12-13-19/h4-7H,2-3,8-14H2,1H3. The van der Waals surface area contributed by atoms with Crippen molar-refractivity contribution in [3.05, 3.63) is 35.4 Å². The van der Waals surface area contributed by atoms with E-state index in [2.05, 4.69) is 41.0 Å². The lowest BCUT2D eigenvalue weighted by atomic mass is 10.1. The Bertz CT molecular complexity index is 364. The highest BCUT2D eigenvalue weighted by atomic mass is 35.5. The molecule has 0 N–H and O–H groups in total. The predicted octanol–water partition coefficient (Wildman–Crippen LogP) is 3.00. The van der Waals surface area contributed by atoms with Gasteiger partial charge in [-0.25, -0.2) is 0 Å². The van der Waals surface area contributed by atoms with E-state index in [4.69, 9.17) is 11.6 Å². The second kappa shape index (κ2) is 7.88. The molecule has 0 unspecified atom stereocenters. The molecule has 19 heavy (non-hydrogen) atoms. The van der Waals surface area contributed by atoms with Gasteiger partial charge in [0.1, 0.15) is 0 Å². The maximum Gasteiger partial charge on any atom is 0.0351 e. The molecule has 2 rings (SSSR count). The van der Waals surface area contributed by atoms with Crippen molar-refractivity contribution in [1.29, 1.82) is 0 Å². The summed E-state index contributed by atoms with van der Waals surface area (Å²) in [5.41, 5.74) is 2.86. The van der Waals surface area contributed by atoms with Crippen LogP contribution < -0.4 is 0 Å². The summed E-state index contributed by atoms with van der Waals surface area (Å²) < 4.78 is 0. The summed E-state index contributed by atoms with van der Waals surface area (Å²) in [6.07, 6.45) is 2.38. The number of benzene rings is 1. The maximum absolute atomic E-state index is 5.83. The zero-order valence-electron chi connectivity index (χ0n) is 11.9. The minimum Gasteiger partial charge on any atom is -0.301 e. The van der Waals surface area contributed by atoms with Gasteiger partial charge in [-0.3, -0.25) is 4.90 Å². The molecule has 106 valence electrons. The molecule has 0 aliphatic carbocycles. The monoisotopic (exact) mass is 280 g/mol. The van der Waals surface area contributed by atoms with Crippen LogP contribution in [-0.4, -0.2) is 48.4 Å². The van der Waals surface area contributed by atoms with Crippen molar-refractivity contribution in [2.24, 2.45) is 0 Å². The van der Waals surface area contributed by atoms with Crippen LogP contribution in [0.15, 0.2) is 24.3 Å². The van der Waals surface area contributed by atoms with Crippen LogP contribution in [-0.2, 0) is 13.0 Å². The smallest absolute Gasteiger partial charge is 0.0351 e. The molecule has 1 aliphatic rings. The Morgan fingerprint density at radius 3 is 2.26 bits per heavy atom. The number of halogens is 1. The first-order valence-electron chi connectivity index (χ1n) is 7.40. The van der Waals surface area contributed by atoms with Crippen molar-refractivity contribution < 1.29 is 0 Å². The van der Waals surface area contributed by atoms with E-state index in [0.717, 1.165) is 38.5 Å². The molecule has 3 heteroatoms. The lowest BCUT2D eigenvalue weighted by Gasteiger charge is -2.21. The largest absolute Gasteiger partial charge is 0.301 e. The summed E-state index contributed by atoms with van der Waals surface area (Å²) >= 11 is 5.83. The molecular formula is C16H25ClN2. The van der Waals surface area contributed by atoms with Crippen molar-refractivity contribution in [3.8, 4) is 0 Å². The number of rotatable bonds is 5. The summed E-state index contributed by atoms with van der Waals surface area (Å²) in [7, 11) is 0. The van der Waals surface area contributed by atoms with Crippen LogP contribution in [0.1, 0.15) is 24.5 Å². The molecule has 2 nitrogen and oxygen atoms in total. The normalized spacial score (nSPS) is 18.4. The van der Waals surface area contributed by atoms with Gasteiger partial charge in [0.15, 0.2) is 0 Å². The molecule has 0 atom stereocenters. The predicted molar refractivity (Wildman–Crippen MR) is 82.9 cm³/mol. The van der Waals surface area contributed by atoms with Crippen molar-refractivity contribution >= 4 is 11.6 Å². The van der Waals surface area contributed by atoms with Crippen LogP contribution in [0.2, 0.25) is 0 Å². The van der Waals surface area contributed by atoms with Crippen LogP contribution in [0.5, 0.6) is 0 Å². The fraction of sp³-hybridized carbons (Fsp3) is 0.625. The van der Waals surface area contributed by atoms with Gasteiger partial charge in [0.2, 0.25) is 0 Å². The lowest BCUT2D eigenvalue weighted by Crippen LogP contribution is -2.31. The molecule has 1 aromatic rings. The number of nitrogens with zero attached hydrogens (tertiary/aromatic N) is 2. The molecule has 0 radical (unpaired) electrons. The van der Waals surface area contributed by atoms with Crippen LogP contribution in [0.3, 0.4) is 0 Å². The Morgan fingerprint density at radius 1 is 0.947 bits per heavy atom. The first-order chi connectivity index (χ1) is 9.31. The molecule has 1 heterocycles. The lowest BCUT2D eigenvalue weighted by molar-refractivity contribution is 0.258. The van der Waals surface area contributed by atoms with E-state index in [1.54, 1.807) is 0 Å². The second-order valence-corrected chi connectivity index (χ2v) is 5.71. The molecule has 0 spiro atoms. The molecule has 0 saturated carbocycles. The van der Waals surface area contributed by atoms with E-state index in [0.29, 0.717) is 0 Å². The number of alkyl halides is 1. The fourth-order valence-electron chi connectivity index (χ4n) is 2.66. The molecular weight excluding hydrogens is 256 g/mol. The van der Waals surface area contributed by atoms with Gasteiger partial charge in [0.25, 0.3) is 0 Å². The van der Waals surface area contributed by atoms with Crippen molar-refractivity contribution in [2.45, 2.75) is 26.3 Å². The number of hydrogen-bond acceptors (Lipinski definition) is 2. The quantitative estimate of drug-likeness (QED) is 0.765. The third-order valence-electron chi connectivity index (χ3n) is 3.92. The Kier molecular flexibility index (Phi) is 6.15. The van der Waals surface area contributed by atoms with Gasteiger partial charge in [-0.2, -0.15) is 0 Å². The molecule has 0 bridgehead atoms. The Morgan fingerprint density at radius 2 is 1.58 bits per heavy atom. The van der Waals surface area contributed by atoms with Gasteiger partial charge in [0, 0.05) is 32.1 Å². The Balaban J connectivity index is 1.84. The SMILES string of the molecule is CCc1ccc(CN2CCCN(CCCl)CC2)cc1. The first-order valence-corrected chi connectivity index (χ1v) is 7.93. The molecule has 0 aromatic heterocycles. The van der Waals surface area contributed by atoms with Gasteiger partial charge >= 0.3 is 0 Å². The minimum absolute atomic E-state index is 0.748. The molecule has 1 aromatic carbocycles. The number of hydrogen-bond donors (Lipinski definition) is 0. The maximum atomic E-state index is 5.83. The average Bonchev–Trinajstić information content (AvgIpc) is 2.66. The molecule has 1 aliphatic heterocycles. The average molecular weight is 281 g/mol. The highest BCUT2D eigenvalue weighted by Gasteiger charge is 2.14. The minimum atomic E-state index is 0.748. The third kappa shape index (κ3) is 4.79. The van der Waals surface area contributed by atoms with E-state index in [9.17, 15) is 0 Å². The molecule has 1 saturated heterocycles. The van der Waals surface area contributed by atoms with Gasteiger partial charge in [0.05, 0.1) is 0 Å². The van der Waals surface area contributed by atoms with E-state index in [-0.39, 0.29) is 0 Å². The van der Waals surface area contributed by atoms with Gasteiger partial charge in [-0.15, -0.1) is 11.6 Å². The van der Waals surface area contributed by atoms with Gasteiger partial charge in [-0.1, -0.05) is 31.2 Å².